The minimum atomic E-state index is -1.13. The van der Waals surface area contributed by atoms with Crippen molar-refractivity contribution in [1.29, 1.82) is 0 Å². The van der Waals surface area contributed by atoms with E-state index in [0.717, 1.165) is 0 Å². The van der Waals surface area contributed by atoms with Gasteiger partial charge >= 0.3 is 5.97 Å². The maximum atomic E-state index is 12.2. The molecule has 2 rings (SSSR count). The molecule has 0 unspecified atom stereocenters. The summed E-state index contributed by atoms with van der Waals surface area (Å²) in [6.45, 7) is 6.69. The van der Waals surface area contributed by atoms with Gasteiger partial charge < -0.3 is 14.7 Å². The number of amides is 1. The number of hydrogen-bond donors (Lipinski definition) is 1. The smallest absolute Gasteiger partial charge is 0.319 e. The van der Waals surface area contributed by atoms with Crippen LogP contribution in [0.3, 0.4) is 0 Å². The predicted octanol–water partition coefficient (Wildman–Crippen LogP) is 0.877. The Morgan fingerprint density at radius 1 is 1.35 bits per heavy atom. The molecule has 96 valence electrons. The Morgan fingerprint density at radius 2 is 1.94 bits per heavy atom. The number of morpholine rings is 1. The molecule has 5 nitrogen and oxygen atoms in total. The van der Waals surface area contributed by atoms with Gasteiger partial charge in [-0.15, -0.1) is 0 Å². The van der Waals surface area contributed by atoms with E-state index >= 15 is 0 Å². The zero-order valence-electron chi connectivity index (χ0n) is 10.5. The molecule has 0 aromatic rings. The molecule has 17 heavy (non-hydrogen) atoms. The van der Waals surface area contributed by atoms with Crippen LogP contribution in [-0.4, -0.2) is 46.7 Å². The van der Waals surface area contributed by atoms with E-state index in [1.165, 1.54) is 0 Å². The first-order valence-electron chi connectivity index (χ1n) is 5.97. The van der Waals surface area contributed by atoms with Gasteiger partial charge in [-0.05, 0) is 33.6 Å². The molecule has 5 heteroatoms. The van der Waals surface area contributed by atoms with Gasteiger partial charge in [0.05, 0.1) is 11.7 Å². The SMILES string of the molecule is C[C@@H]1CN(C(=O)C2(C(=O)O)CC2)CC(C)(C)O1. The molecule has 1 saturated heterocycles. The van der Waals surface area contributed by atoms with Gasteiger partial charge in [-0.2, -0.15) is 0 Å². The van der Waals surface area contributed by atoms with E-state index in [1.807, 2.05) is 20.8 Å². The fraction of sp³-hybridized carbons (Fsp3) is 0.833. The monoisotopic (exact) mass is 241 g/mol. The standard InChI is InChI=1S/C12H19NO4/c1-8-6-13(7-11(2,3)17-8)9(14)12(4-5-12)10(15)16/h8H,4-7H2,1-3H3,(H,15,16)/t8-/m1/s1. The molecule has 1 heterocycles. The van der Waals surface area contributed by atoms with Crippen molar-refractivity contribution >= 4 is 11.9 Å². The quantitative estimate of drug-likeness (QED) is 0.729. The normalized spacial score (nSPS) is 29.8. The van der Waals surface area contributed by atoms with Crippen LogP contribution in [0.5, 0.6) is 0 Å². The van der Waals surface area contributed by atoms with Gasteiger partial charge in [0.1, 0.15) is 5.41 Å². The van der Waals surface area contributed by atoms with Gasteiger partial charge in [0.25, 0.3) is 0 Å². The lowest BCUT2D eigenvalue weighted by Gasteiger charge is -2.42. The molecule has 1 saturated carbocycles. The van der Waals surface area contributed by atoms with Crippen molar-refractivity contribution in [3.8, 4) is 0 Å². The molecule has 0 radical (unpaired) electrons. The number of carbonyl (C=O) groups is 2. The number of nitrogens with zero attached hydrogens (tertiary/aromatic N) is 1. The third kappa shape index (κ3) is 2.16. The van der Waals surface area contributed by atoms with Crippen molar-refractivity contribution in [3.05, 3.63) is 0 Å². The van der Waals surface area contributed by atoms with Crippen LogP contribution in [0.15, 0.2) is 0 Å². The van der Waals surface area contributed by atoms with Gasteiger partial charge in [0.15, 0.2) is 0 Å². The summed E-state index contributed by atoms with van der Waals surface area (Å²) < 4.78 is 5.71. The Balaban J connectivity index is 2.13. The van der Waals surface area contributed by atoms with Crippen LogP contribution in [0.4, 0.5) is 0 Å². The fourth-order valence-corrected chi connectivity index (χ4v) is 2.56. The zero-order chi connectivity index (χ0) is 12.8. The van der Waals surface area contributed by atoms with E-state index < -0.39 is 17.0 Å². The van der Waals surface area contributed by atoms with Crippen molar-refractivity contribution in [1.82, 2.24) is 4.90 Å². The Labute approximate surface area is 101 Å². The molecule has 1 aliphatic heterocycles. The van der Waals surface area contributed by atoms with Crippen LogP contribution < -0.4 is 0 Å². The number of ether oxygens (including phenoxy) is 1. The summed E-state index contributed by atoms with van der Waals surface area (Å²) in [6, 6.07) is 0. The summed E-state index contributed by atoms with van der Waals surface area (Å²) >= 11 is 0. The Hall–Kier alpha value is -1.10. The molecule has 0 aromatic heterocycles. The van der Waals surface area contributed by atoms with Gasteiger partial charge in [0.2, 0.25) is 5.91 Å². The van der Waals surface area contributed by atoms with Crippen LogP contribution in [0.2, 0.25) is 0 Å². The highest BCUT2D eigenvalue weighted by atomic mass is 16.5. The van der Waals surface area contributed by atoms with Gasteiger partial charge in [-0.1, -0.05) is 0 Å². The van der Waals surface area contributed by atoms with Gasteiger partial charge in [-0.25, -0.2) is 0 Å². The summed E-state index contributed by atoms with van der Waals surface area (Å²) in [7, 11) is 0. The summed E-state index contributed by atoms with van der Waals surface area (Å²) in [5.41, 5.74) is -1.53. The number of carbonyl (C=O) groups excluding carboxylic acids is 1. The average Bonchev–Trinajstić information content (AvgIpc) is 2.93. The molecule has 0 aromatic carbocycles. The lowest BCUT2D eigenvalue weighted by atomic mass is 10.0. The molecule has 1 aliphatic carbocycles. The van der Waals surface area contributed by atoms with Gasteiger partial charge in [-0.3, -0.25) is 9.59 Å². The van der Waals surface area contributed by atoms with Crippen molar-refractivity contribution in [2.24, 2.45) is 5.41 Å². The number of carboxylic acids is 1. The minimum Gasteiger partial charge on any atom is -0.480 e. The van der Waals surface area contributed by atoms with Crippen molar-refractivity contribution in [3.63, 3.8) is 0 Å². The highest BCUT2D eigenvalue weighted by molar-refractivity contribution is 6.04. The molecule has 0 bridgehead atoms. The minimum absolute atomic E-state index is 0.0488. The first-order valence-corrected chi connectivity index (χ1v) is 5.97. The molecular formula is C12H19NO4. The van der Waals surface area contributed by atoms with Gasteiger partial charge in [0, 0.05) is 13.1 Å². The third-order valence-corrected chi connectivity index (χ3v) is 3.43. The van der Waals surface area contributed by atoms with Crippen molar-refractivity contribution in [2.45, 2.75) is 45.3 Å². The summed E-state index contributed by atoms with van der Waals surface area (Å²) in [6.07, 6.45) is 0.882. The highest BCUT2D eigenvalue weighted by Crippen LogP contribution is 2.48. The van der Waals surface area contributed by atoms with Crippen LogP contribution in [0, 0.1) is 5.41 Å². The third-order valence-electron chi connectivity index (χ3n) is 3.43. The van der Waals surface area contributed by atoms with E-state index in [9.17, 15) is 9.59 Å². The van der Waals surface area contributed by atoms with E-state index in [1.54, 1.807) is 4.90 Å². The number of aliphatic carboxylic acids is 1. The predicted molar refractivity (Wildman–Crippen MR) is 60.5 cm³/mol. The first-order chi connectivity index (χ1) is 7.77. The average molecular weight is 241 g/mol. The molecule has 2 fully saturated rings. The van der Waals surface area contributed by atoms with Crippen LogP contribution in [0.25, 0.3) is 0 Å². The molecule has 1 amide bonds. The van der Waals surface area contributed by atoms with E-state index in [2.05, 4.69) is 0 Å². The van der Waals surface area contributed by atoms with E-state index in [0.29, 0.717) is 25.9 Å². The lowest BCUT2D eigenvalue weighted by Crippen LogP contribution is -2.56. The second-order valence-electron chi connectivity index (χ2n) is 5.76. The number of hydrogen-bond acceptors (Lipinski definition) is 3. The molecule has 2 aliphatic rings. The molecule has 1 atom stereocenters. The summed E-state index contributed by atoms with van der Waals surface area (Å²) in [5, 5.41) is 9.12. The summed E-state index contributed by atoms with van der Waals surface area (Å²) in [4.78, 5) is 25.0. The molecule has 0 spiro atoms. The second-order valence-corrected chi connectivity index (χ2v) is 5.76. The highest BCUT2D eigenvalue weighted by Gasteiger charge is 2.59. The van der Waals surface area contributed by atoms with Crippen LogP contribution >= 0.6 is 0 Å². The largest absolute Gasteiger partial charge is 0.480 e. The molecular weight excluding hydrogens is 222 g/mol. The zero-order valence-corrected chi connectivity index (χ0v) is 10.5. The Morgan fingerprint density at radius 3 is 2.35 bits per heavy atom. The van der Waals surface area contributed by atoms with Crippen molar-refractivity contribution < 1.29 is 19.4 Å². The summed E-state index contributed by atoms with van der Waals surface area (Å²) in [5.74, 6) is -1.23. The Kier molecular flexibility index (Phi) is 2.69. The van der Waals surface area contributed by atoms with E-state index in [-0.39, 0.29) is 12.0 Å². The maximum absolute atomic E-state index is 12.2. The fourth-order valence-electron chi connectivity index (χ4n) is 2.56. The topological polar surface area (TPSA) is 66.8 Å². The van der Waals surface area contributed by atoms with Crippen LogP contribution in [0.1, 0.15) is 33.6 Å². The van der Waals surface area contributed by atoms with E-state index in [4.69, 9.17) is 9.84 Å². The maximum Gasteiger partial charge on any atom is 0.319 e. The molecule has 1 N–H and O–H groups in total. The lowest BCUT2D eigenvalue weighted by molar-refractivity contribution is -0.168. The first kappa shape index (κ1) is 12.4. The number of carboxylic acid groups (broad SMARTS) is 1. The Bertz CT molecular complexity index is 360. The number of rotatable bonds is 2. The van der Waals surface area contributed by atoms with Crippen LogP contribution in [-0.2, 0) is 14.3 Å². The second kappa shape index (κ2) is 3.70. The van der Waals surface area contributed by atoms with Crippen molar-refractivity contribution in [2.75, 3.05) is 13.1 Å².